The fourth-order valence-corrected chi connectivity index (χ4v) is 4.56. The molecule has 2 unspecified atom stereocenters. The van der Waals surface area contributed by atoms with E-state index in [9.17, 15) is 9.90 Å². The summed E-state index contributed by atoms with van der Waals surface area (Å²) in [4.78, 5) is 10.7. The first-order valence-electron chi connectivity index (χ1n) is 6.68. The number of carboxylic acids is 1. The second-order valence-corrected chi connectivity index (χ2v) is 7.06. The molecule has 0 amide bonds. The molecule has 2 rings (SSSR count). The normalized spacial score (nSPS) is 22.3. The molecular formula is C12H19N3O3S2. The van der Waals surface area contributed by atoms with E-state index in [4.69, 9.17) is 5.11 Å². The first-order chi connectivity index (χ1) is 9.67. The molecule has 0 aromatic carbocycles. The predicted molar refractivity (Wildman–Crippen MR) is 79.1 cm³/mol. The van der Waals surface area contributed by atoms with Gasteiger partial charge < -0.3 is 10.2 Å². The molecule has 1 aromatic rings. The van der Waals surface area contributed by atoms with Gasteiger partial charge in [0.05, 0.1) is 5.75 Å². The number of thioether (sulfide) groups is 2. The van der Waals surface area contributed by atoms with Crippen LogP contribution >= 0.6 is 23.5 Å². The van der Waals surface area contributed by atoms with E-state index in [1.165, 1.54) is 11.8 Å². The fourth-order valence-electron chi connectivity index (χ4n) is 2.58. The van der Waals surface area contributed by atoms with Gasteiger partial charge in [-0.1, -0.05) is 25.1 Å². The van der Waals surface area contributed by atoms with Gasteiger partial charge in [-0.2, -0.15) is 11.8 Å². The summed E-state index contributed by atoms with van der Waals surface area (Å²) in [6.07, 6.45) is 3.33. The number of hydrogen-bond donors (Lipinski definition) is 2. The van der Waals surface area contributed by atoms with Crippen molar-refractivity contribution in [2.45, 2.75) is 49.2 Å². The van der Waals surface area contributed by atoms with Crippen LogP contribution in [0.4, 0.5) is 0 Å². The molecule has 112 valence electrons. The van der Waals surface area contributed by atoms with Gasteiger partial charge in [0.1, 0.15) is 6.61 Å². The molecule has 8 heteroatoms. The third-order valence-corrected chi connectivity index (χ3v) is 5.57. The number of aliphatic hydroxyl groups is 1. The van der Waals surface area contributed by atoms with Gasteiger partial charge in [0, 0.05) is 11.3 Å². The van der Waals surface area contributed by atoms with Crippen molar-refractivity contribution in [3.63, 3.8) is 0 Å². The van der Waals surface area contributed by atoms with Gasteiger partial charge in [-0.15, -0.1) is 10.2 Å². The van der Waals surface area contributed by atoms with Crippen LogP contribution in [0.5, 0.6) is 0 Å². The Kier molecular flexibility index (Phi) is 5.74. The zero-order valence-electron chi connectivity index (χ0n) is 11.4. The largest absolute Gasteiger partial charge is 0.481 e. The molecule has 1 aliphatic carbocycles. The number of carboxylic acid groups (broad SMARTS) is 1. The van der Waals surface area contributed by atoms with Gasteiger partial charge in [-0.25, -0.2) is 0 Å². The standard InChI is InChI=1S/C12H19N3O3S2/c1-2-19-9-5-3-4-8(9)15-10(6-16)13-14-12(15)20-7-11(17)18/h8-9,16H,2-7H2,1H3,(H,17,18). The van der Waals surface area contributed by atoms with Crippen molar-refractivity contribution in [3.05, 3.63) is 5.82 Å². The van der Waals surface area contributed by atoms with Crippen LogP contribution in [0.25, 0.3) is 0 Å². The average Bonchev–Trinajstić information content (AvgIpc) is 3.02. The van der Waals surface area contributed by atoms with E-state index in [1.807, 2.05) is 16.3 Å². The molecule has 0 aliphatic heterocycles. The SMILES string of the molecule is CCSC1CCCC1n1c(CO)nnc1SCC(=O)O. The minimum atomic E-state index is -0.874. The third kappa shape index (κ3) is 3.48. The van der Waals surface area contributed by atoms with Crippen molar-refractivity contribution in [3.8, 4) is 0 Å². The smallest absolute Gasteiger partial charge is 0.313 e. The molecule has 1 aromatic heterocycles. The van der Waals surface area contributed by atoms with E-state index in [-0.39, 0.29) is 18.4 Å². The number of hydrogen-bond acceptors (Lipinski definition) is 6. The monoisotopic (exact) mass is 317 g/mol. The van der Waals surface area contributed by atoms with Crippen LogP contribution in [0.2, 0.25) is 0 Å². The van der Waals surface area contributed by atoms with Crippen molar-refractivity contribution in [2.75, 3.05) is 11.5 Å². The van der Waals surface area contributed by atoms with E-state index in [0.29, 0.717) is 16.2 Å². The second-order valence-electron chi connectivity index (χ2n) is 4.60. The van der Waals surface area contributed by atoms with Crippen molar-refractivity contribution in [1.82, 2.24) is 14.8 Å². The summed E-state index contributed by atoms with van der Waals surface area (Å²) < 4.78 is 1.95. The van der Waals surface area contributed by atoms with Gasteiger partial charge in [0.15, 0.2) is 11.0 Å². The van der Waals surface area contributed by atoms with Crippen molar-refractivity contribution < 1.29 is 15.0 Å². The van der Waals surface area contributed by atoms with E-state index >= 15 is 0 Å². The van der Waals surface area contributed by atoms with Crippen LogP contribution in [0.1, 0.15) is 38.1 Å². The summed E-state index contributed by atoms with van der Waals surface area (Å²) in [5.74, 6) is 0.671. The van der Waals surface area contributed by atoms with Gasteiger partial charge in [-0.05, 0) is 18.6 Å². The Labute approximate surface area is 126 Å². The number of carbonyl (C=O) groups is 1. The van der Waals surface area contributed by atoms with E-state index in [2.05, 4.69) is 17.1 Å². The van der Waals surface area contributed by atoms with Gasteiger partial charge in [0.25, 0.3) is 0 Å². The molecule has 20 heavy (non-hydrogen) atoms. The highest BCUT2D eigenvalue weighted by Crippen LogP contribution is 2.40. The minimum Gasteiger partial charge on any atom is -0.481 e. The van der Waals surface area contributed by atoms with Crippen LogP contribution in [-0.2, 0) is 11.4 Å². The molecule has 1 saturated carbocycles. The fraction of sp³-hybridized carbons (Fsp3) is 0.750. The van der Waals surface area contributed by atoms with E-state index in [1.54, 1.807) is 0 Å². The number of aliphatic hydroxyl groups excluding tert-OH is 1. The minimum absolute atomic E-state index is 0.0398. The Hall–Kier alpha value is -0.730. The Morgan fingerprint density at radius 3 is 2.90 bits per heavy atom. The number of aromatic nitrogens is 3. The lowest BCUT2D eigenvalue weighted by atomic mass is 10.2. The highest BCUT2D eigenvalue weighted by atomic mass is 32.2. The van der Waals surface area contributed by atoms with Crippen LogP contribution < -0.4 is 0 Å². The molecule has 1 fully saturated rings. The zero-order chi connectivity index (χ0) is 14.5. The maximum atomic E-state index is 10.7. The average molecular weight is 317 g/mol. The summed E-state index contributed by atoms with van der Waals surface area (Å²) in [6, 6.07) is 0.258. The topological polar surface area (TPSA) is 88.2 Å². The van der Waals surface area contributed by atoms with E-state index in [0.717, 1.165) is 25.0 Å². The molecular weight excluding hydrogens is 298 g/mol. The quantitative estimate of drug-likeness (QED) is 0.741. The number of rotatable bonds is 7. The zero-order valence-corrected chi connectivity index (χ0v) is 13.0. The van der Waals surface area contributed by atoms with Crippen LogP contribution in [0, 0.1) is 0 Å². The molecule has 2 atom stereocenters. The second kappa shape index (κ2) is 7.33. The highest BCUT2D eigenvalue weighted by Gasteiger charge is 2.32. The summed E-state index contributed by atoms with van der Waals surface area (Å²) in [6.45, 7) is 1.97. The highest BCUT2D eigenvalue weighted by molar-refractivity contribution is 8.00. The molecule has 2 N–H and O–H groups in total. The lowest BCUT2D eigenvalue weighted by molar-refractivity contribution is -0.133. The number of nitrogens with zero attached hydrogens (tertiary/aromatic N) is 3. The number of aliphatic carboxylic acids is 1. The van der Waals surface area contributed by atoms with E-state index < -0.39 is 5.97 Å². The molecule has 0 spiro atoms. The Morgan fingerprint density at radius 1 is 1.45 bits per heavy atom. The van der Waals surface area contributed by atoms with Gasteiger partial charge in [-0.3, -0.25) is 9.36 Å². The molecule has 0 saturated heterocycles. The van der Waals surface area contributed by atoms with Crippen molar-refractivity contribution in [2.24, 2.45) is 0 Å². The predicted octanol–water partition coefficient (Wildman–Crippen LogP) is 1.79. The van der Waals surface area contributed by atoms with Crippen LogP contribution in [0.3, 0.4) is 0 Å². The Balaban J connectivity index is 2.23. The molecule has 0 radical (unpaired) electrons. The molecule has 6 nitrogen and oxygen atoms in total. The van der Waals surface area contributed by atoms with Gasteiger partial charge in [0.2, 0.25) is 0 Å². The first kappa shape index (κ1) is 15.7. The van der Waals surface area contributed by atoms with Crippen molar-refractivity contribution >= 4 is 29.5 Å². The first-order valence-corrected chi connectivity index (χ1v) is 8.71. The molecule has 1 aliphatic rings. The summed E-state index contributed by atoms with van der Waals surface area (Å²) in [7, 11) is 0. The maximum absolute atomic E-state index is 10.7. The Morgan fingerprint density at radius 2 is 2.25 bits per heavy atom. The van der Waals surface area contributed by atoms with Crippen LogP contribution in [0.15, 0.2) is 5.16 Å². The third-order valence-electron chi connectivity index (χ3n) is 3.33. The summed E-state index contributed by atoms with van der Waals surface area (Å²) in [5, 5.41) is 27.4. The van der Waals surface area contributed by atoms with Crippen molar-refractivity contribution in [1.29, 1.82) is 0 Å². The van der Waals surface area contributed by atoms with Crippen LogP contribution in [-0.4, -0.2) is 47.7 Å². The Bertz CT molecular complexity index is 467. The lowest BCUT2D eigenvalue weighted by Crippen LogP contribution is -2.20. The maximum Gasteiger partial charge on any atom is 0.313 e. The summed E-state index contributed by atoms with van der Waals surface area (Å²) in [5.41, 5.74) is 0. The molecule has 1 heterocycles. The lowest BCUT2D eigenvalue weighted by Gasteiger charge is -2.22. The summed E-state index contributed by atoms with van der Waals surface area (Å²) >= 11 is 3.08. The molecule has 0 bridgehead atoms. The van der Waals surface area contributed by atoms with Gasteiger partial charge >= 0.3 is 5.97 Å².